The highest BCUT2D eigenvalue weighted by Gasteiger charge is 2.13. The Balaban J connectivity index is 2.38. The first-order valence-corrected chi connectivity index (χ1v) is 9.82. The van der Waals surface area contributed by atoms with Gasteiger partial charge in [-0.1, -0.05) is 0 Å². The minimum Gasteiger partial charge on any atom is -0.495 e. The molecular formula is C16H21N5O4S. The summed E-state index contributed by atoms with van der Waals surface area (Å²) in [7, 11) is -1.79. The molecule has 4 N–H and O–H groups in total. The minimum atomic E-state index is -3.26. The number of nitrogens with two attached hydrogens (primary N) is 1. The molecule has 0 saturated heterocycles. The molecule has 0 spiro atoms. The summed E-state index contributed by atoms with van der Waals surface area (Å²) in [4.78, 5) is 20.1. The van der Waals surface area contributed by atoms with E-state index in [4.69, 9.17) is 10.5 Å². The van der Waals surface area contributed by atoms with Crippen LogP contribution in [0.5, 0.6) is 5.75 Å². The summed E-state index contributed by atoms with van der Waals surface area (Å²) in [6.45, 7) is 2.30. The van der Waals surface area contributed by atoms with E-state index in [1.165, 1.54) is 13.2 Å². The lowest BCUT2D eigenvalue weighted by Crippen LogP contribution is -2.28. The van der Waals surface area contributed by atoms with Gasteiger partial charge in [-0.05, 0) is 25.1 Å². The first-order valence-electron chi connectivity index (χ1n) is 7.76. The monoisotopic (exact) mass is 379 g/mol. The Bertz CT molecular complexity index is 915. The van der Waals surface area contributed by atoms with Gasteiger partial charge in [0.25, 0.3) is 0 Å². The standard InChI is InChI=1S/C16H21N5O4S/c1-4-18-16(22)20-12-6-5-10(7-13(12)25-2)15-19-11(8-14(17)21-15)9-26(3,23)24/h5-8H,4,9H2,1-3H3,(H2,17,19,21)(H2,18,20,22). The third-order valence-corrected chi connectivity index (χ3v) is 4.07. The van der Waals surface area contributed by atoms with Gasteiger partial charge in [-0.15, -0.1) is 0 Å². The highest BCUT2D eigenvalue weighted by atomic mass is 32.2. The molecule has 1 aromatic carbocycles. The van der Waals surface area contributed by atoms with Gasteiger partial charge in [0.15, 0.2) is 15.7 Å². The quantitative estimate of drug-likeness (QED) is 0.690. The van der Waals surface area contributed by atoms with Crippen LogP contribution in [-0.4, -0.2) is 44.3 Å². The predicted molar refractivity (Wildman–Crippen MR) is 99.7 cm³/mol. The van der Waals surface area contributed by atoms with Crippen molar-refractivity contribution in [2.24, 2.45) is 0 Å². The predicted octanol–water partition coefficient (Wildman–Crippen LogP) is 1.42. The summed E-state index contributed by atoms with van der Waals surface area (Å²) in [6, 6.07) is 6.04. The molecule has 2 rings (SSSR count). The maximum Gasteiger partial charge on any atom is 0.319 e. The number of nitrogen functional groups attached to an aromatic ring is 1. The number of anilines is 2. The van der Waals surface area contributed by atoms with Crippen molar-refractivity contribution in [3.63, 3.8) is 0 Å². The van der Waals surface area contributed by atoms with E-state index >= 15 is 0 Å². The number of carbonyl (C=O) groups excluding carboxylic acids is 1. The van der Waals surface area contributed by atoms with Crippen molar-refractivity contribution in [2.45, 2.75) is 12.7 Å². The van der Waals surface area contributed by atoms with Crippen molar-refractivity contribution in [3.8, 4) is 17.1 Å². The SMILES string of the molecule is CCNC(=O)Nc1ccc(-c2nc(N)cc(CS(C)(=O)=O)n2)cc1OC. The number of carbonyl (C=O) groups is 1. The molecule has 0 unspecified atom stereocenters. The van der Waals surface area contributed by atoms with Gasteiger partial charge in [0.2, 0.25) is 0 Å². The molecule has 0 aliphatic carbocycles. The number of nitrogens with one attached hydrogen (secondary N) is 2. The number of rotatable bonds is 6. The van der Waals surface area contributed by atoms with Crippen LogP contribution in [0.15, 0.2) is 24.3 Å². The third-order valence-electron chi connectivity index (χ3n) is 3.25. The van der Waals surface area contributed by atoms with Gasteiger partial charge in [-0.25, -0.2) is 23.2 Å². The van der Waals surface area contributed by atoms with Gasteiger partial charge in [-0.3, -0.25) is 0 Å². The fraction of sp³-hybridized carbons (Fsp3) is 0.312. The molecule has 9 nitrogen and oxygen atoms in total. The van der Waals surface area contributed by atoms with E-state index in [1.54, 1.807) is 18.2 Å². The molecule has 26 heavy (non-hydrogen) atoms. The Morgan fingerprint density at radius 3 is 2.62 bits per heavy atom. The number of ether oxygens (including phenoxy) is 1. The molecule has 1 aromatic heterocycles. The number of amides is 2. The fourth-order valence-electron chi connectivity index (χ4n) is 2.25. The van der Waals surface area contributed by atoms with Gasteiger partial charge in [0.1, 0.15) is 11.6 Å². The lowest BCUT2D eigenvalue weighted by atomic mass is 10.1. The number of sulfone groups is 1. The third kappa shape index (κ3) is 5.31. The van der Waals surface area contributed by atoms with E-state index < -0.39 is 9.84 Å². The number of benzene rings is 1. The smallest absolute Gasteiger partial charge is 0.319 e. The van der Waals surface area contributed by atoms with Crippen LogP contribution in [-0.2, 0) is 15.6 Å². The van der Waals surface area contributed by atoms with E-state index in [2.05, 4.69) is 20.6 Å². The molecule has 0 saturated carbocycles. The first-order chi connectivity index (χ1) is 12.2. The lowest BCUT2D eigenvalue weighted by Gasteiger charge is -2.12. The van der Waals surface area contributed by atoms with Gasteiger partial charge in [0.05, 0.1) is 24.2 Å². The maximum absolute atomic E-state index is 11.7. The van der Waals surface area contributed by atoms with Crippen molar-refractivity contribution in [1.82, 2.24) is 15.3 Å². The molecule has 2 aromatic rings. The fourth-order valence-corrected chi connectivity index (χ4v) is 2.94. The van der Waals surface area contributed by atoms with Crippen molar-refractivity contribution in [2.75, 3.05) is 31.0 Å². The largest absolute Gasteiger partial charge is 0.495 e. The summed E-state index contributed by atoms with van der Waals surface area (Å²) in [5.41, 5.74) is 7.13. The number of hydrogen-bond acceptors (Lipinski definition) is 7. The minimum absolute atomic E-state index is 0.164. The Morgan fingerprint density at radius 1 is 1.27 bits per heavy atom. The number of hydrogen-bond donors (Lipinski definition) is 3. The zero-order valence-electron chi connectivity index (χ0n) is 14.7. The van der Waals surface area contributed by atoms with Crippen LogP contribution in [0.3, 0.4) is 0 Å². The zero-order valence-corrected chi connectivity index (χ0v) is 15.6. The Labute approximate surface area is 151 Å². The van der Waals surface area contributed by atoms with Gasteiger partial charge >= 0.3 is 6.03 Å². The molecule has 0 bridgehead atoms. The number of aromatic nitrogens is 2. The van der Waals surface area contributed by atoms with Crippen LogP contribution in [0, 0.1) is 0 Å². The number of methoxy groups -OCH3 is 1. The van der Waals surface area contributed by atoms with Gasteiger partial charge in [0, 0.05) is 24.4 Å². The van der Waals surface area contributed by atoms with E-state index in [0.717, 1.165) is 6.26 Å². The van der Waals surface area contributed by atoms with Crippen LogP contribution >= 0.6 is 0 Å². The molecule has 0 fully saturated rings. The van der Waals surface area contributed by atoms with Gasteiger partial charge < -0.3 is 21.1 Å². The second kappa shape index (κ2) is 8.00. The second-order valence-electron chi connectivity index (χ2n) is 5.58. The van der Waals surface area contributed by atoms with Crippen LogP contribution in [0.1, 0.15) is 12.6 Å². The van der Waals surface area contributed by atoms with Crippen LogP contribution < -0.4 is 21.1 Å². The molecule has 2 amide bonds. The molecule has 0 aliphatic rings. The molecular weight excluding hydrogens is 358 g/mol. The molecule has 0 aliphatic heterocycles. The van der Waals surface area contributed by atoms with Crippen LogP contribution in [0.2, 0.25) is 0 Å². The molecule has 0 radical (unpaired) electrons. The summed E-state index contributed by atoms with van der Waals surface area (Å²) < 4.78 is 28.3. The van der Waals surface area contributed by atoms with Crippen molar-refractivity contribution in [3.05, 3.63) is 30.0 Å². The van der Waals surface area contributed by atoms with E-state index in [1.807, 2.05) is 6.92 Å². The lowest BCUT2D eigenvalue weighted by molar-refractivity contribution is 0.252. The first kappa shape index (κ1) is 19.4. The molecule has 1 heterocycles. The van der Waals surface area contributed by atoms with E-state index in [0.29, 0.717) is 29.2 Å². The molecule has 140 valence electrons. The van der Waals surface area contributed by atoms with Crippen LogP contribution in [0.4, 0.5) is 16.3 Å². The Hall–Kier alpha value is -2.88. The van der Waals surface area contributed by atoms with E-state index in [9.17, 15) is 13.2 Å². The second-order valence-corrected chi connectivity index (χ2v) is 7.72. The van der Waals surface area contributed by atoms with Crippen molar-refractivity contribution < 1.29 is 17.9 Å². The summed E-state index contributed by atoms with van der Waals surface area (Å²) in [5, 5.41) is 5.30. The number of nitrogens with zero attached hydrogens (tertiary/aromatic N) is 2. The zero-order chi connectivity index (χ0) is 19.3. The normalized spacial score (nSPS) is 11.0. The molecule has 10 heteroatoms. The average Bonchev–Trinajstić information content (AvgIpc) is 2.53. The van der Waals surface area contributed by atoms with Crippen molar-refractivity contribution >= 4 is 27.4 Å². The average molecular weight is 379 g/mol. The van der Waals surface area contributed by atoms with Gasteiger partial charge in [-0.2, -0.15) is 0 Å². The van der Waals surface area contributed by atoms with E-state index in [-0.39, 0.29) is 23.4 Å². The topological polar surface area (TPSA) is 136 Å². The highest BCUT2D eigenvalue weighted by molar-refractivity contribution is 7.89. The van der Waals surface area contributed by atoms with Crippen LogP contribution in [0.25, 0.3) is 11.4 Å². The Morgan fingerprint density at radius 2 is 2.00 bits per heavy atom. The van der Waals surface area contributed by atoms with Crippen molar-refractivity contribution in [1.29, 1.82) is 0 Å². The highest BCUT2D eigenvalue weighted by Crippen LogP contribution is 2.30. The summed E-state index contributed by atoms with van der Waals surface area (Å²) >= 11 is 0. The maximum atomic E-state index is 11.7. The summed E-state index contributed by atoms with van der Waals surface area (Å²) in [5.74, 6) is 0.605. The Kier molecular flexibility index (Phi) is 5.98. The number of urea groups is 1. The summed E-state index contributed by atoms with van der Waals surface area (Å²) in [6.07, 6.45) is 1.12. The molecule has 0 atom stereocenters.